The Labute approximate surface area is 150 Å². The van der Waals surface area contributed by atoms with Gasteiger partial charge in [-0.3, -0.25) is 0 Å². The Balaban J connectivity index is 1.69. The molecule has 0 aliphatic carbocycles. The molecule has 1 aromatic carbocycles. The number of hydrogen-bond acceptors (Lipinski definition) is 7. The predicted octanol–water partition coefficient (Wildman–Crippen LogP) is 2.54. The fourth-order valence-electron chi connectivity index (χ4n) is 2.13. The van der Waals surface area contributed by atoms with Crippen LogP contribution >= 0.6 is 0 Å². The van der Waals surface area contributed by atoms with Crippen molar-refractivity contribution >= 4 is 16.0 Å². The van der Waals surface area contributed by atoms with Crippen LogP contribution in [0.25, 0.3) is 11.5 Å². The van der Waals surface area contributed by atoms with E-state index in [9.17, 15) is 13.2 Å². The highest BCUT2D eigenvalue weighted by Gasteiger charge is 2.19. The average Bonchev–Trinajstić information content (AvgIpc) is 3.31. The Morgan fingerprint density at radius 3 is 2.65 bits per heavy atom. The first-order chi connectivity index (χ1) is 12.4. The lowest BCUT2D eigenvalue weighted by atomic mass is 10.2. The van der Waals surface area contributed by atoms with Crippen LogP contribution in [0.5, 0.6) is 0 Å². The number of carbonyl (C=O) groups excluding carboxylic acids is 1. The number of rotatable bonds is 6. The Hall–Kier alpha value is -2.91. The molecule has 0 saturated carbocycles. The Morgan fingerprint density at radius 1 is 1.15 bits per heavy atom. The number of aromatic nitrogens is 1. The van der Waals surface area contributed by atoms with E-state index in [0.29, 0.717) is 17.2 Å². The molecule has 0 spiro atoms. The highest BCUT2D eigenvalue weighted by molar-refractivity contribution is 7.89. The van der Waals surface area contributed by atoms with Gasteiger partial charge in [0.1, 0.15) is 12.3 Å². The monoisotopic (exact) mass is 376 g/mol. The topological polar surface area (TPSA) is 103 Å². The number of furan rings is 1. The second-order valence-corrected chi connectivity index (χ2v) is 7.70. The first-order valence-electron chi connectivity index (χ1n) is 7.57. The second kappa shape index (κ2) is 7.14. The molecule has 0 bridgehead atoms. The zero-order valence-corrected chi connectivity index (χ0v) is 14.9. The van der Waals surface area contributed by atoms with E-state index in [1.807, 2.05) is 0 Å². The van der Waals surface area contributed by atoms with Crippen molar-refractivity contribution in [2.45, 2.75) is 11.5 Å². The normalized spacial score (nSPS) is 11.7. The lowest BCUT2D eigenvalue weighted by molar-refractivity contribution is 0.0464. The highest BCUT2D eigenvalue weighted by atomic mass is 32.2. The molecule has 9 heteroatoms. The van der Waals surface area contributed by atoms with Gasteiger partial charge in [0.25, 0.3) is 0 Å². The standard InChI is InChI=1S/C17H16N2O6S/c1-19(2)26(21,22)14-6-3-5-12(9-14)17(20)24-11-13-10-16(25-18-13)15-7-4-8-23-15/h3-10H,11H2,1-2H3. The number of hydrogen-bond donors (Lipinski definition) is 0. The Bertz CT molecular complexity index is 1010. The molecule has 0 fully saturated rings. The molecule has 0 radical (unpaired) electrons. The zero-order valence-electron chi connectivity index (χ0n) is 14.1. The molecule has 0 aliphatic heterocycles. The van der Waals surface area contributed by atoms with Crippen molar-refractivity contribution in [2.75, 3.05) is 14.1 Å². The molecule has 0 atom stereocenters. The highest BCUT2D eigenvalue weighted by Crippen LogP contribution is 2.21. The van der Waals surface area contributed by atoms with Crippen molar-refractivity contribution in [3.63, 3.8) is 0 Å². The summed E-state index contributed by atoms with van der Waals surface area (Å²) in [6.07, 6.45) is 1.51. The van der Waals surface area contributed by atoms with E-state index in [2.05, 4.69) is 5.16 Å². The van der Waals surface area contributed by atoms with E-state index >= 15 is 0 Å². The average molecular weight is 376 g/mol. The van der Waals surface area contributed by atoms with Crippen LogP contribution in [0, 0.1) is 0 Å². The van der Waals surface area contributed by atoms with Crippen LogP contribution in [0.3, 0.4) is 0 Å². The lowest BCUT2D eigenvalue weighted by Gasteiger charge is -2.12. The van der Waals surface area contributed by atoms with Gasteiger partial charge in [0.15, 0.2) is 5.76 Å². The van der Waals surface area contributed by atoms with E-state index in [1.165, 1.54) is 44.6 Å². The van der Waals surface area contributed by atoms with E-state index in [0.717, 1.165) is 4.31 Å². The van der Waals surface area contributed by atoms with Gasteiger partial charge in [0, 0.05) is 20.2 Å². The molecule has 3 rings (SSSR count). The van der Waals surface area contributed by atoms with Gasteiger partial charge in [0.05, 0.1) is 16.7 Å². The smallest absolute Gasteiger partial charge is 0.338 e. The summed E-state index contributed by atoms with van der Waals surface area (Å²) in [5.74, 6) is 0.264. The number of nitrogens with zero attached hydrogens (tertiary/aromatic N) is 2. The number of ether oxygens (including phenoxy) is 1. The molecular weight excluding hydrogens is 360 g/mol. The molecular formula is C17H16N2O6S. The van der Waals surface area contributed by atoms with Gasteiger partial charge < -0.3 is 13.7 Å². The summed E-state index contributed by atoms with van der Waals surface area (Å²) in [7, 11) is -0.798. The van der Waals surface area contributed by atoms with E-state index < -0.39 is 16.0 Å². The Kier molecular flexibility index (Phi) is 4.92. The van der Waals surface area contributed by atoms with Crippen LogP contribution in [-0.2, 0) is 21.4 Å². The van der Waals surface area contributed by atoms with Crippen molar-refractivity contribution < 1.29 is 26.9 Å². The third-order valence-electron chi connectivity index (χ3n) is 3.52. The quantitative estimate of drug-likeness (QED) is 0.609. The van der Waals surface area contributed by atoms with Gasteiger partial charge in [-0.2, -0.15) is 0 Å². The molecule has 0 N–H and O–H groups in total. The summed E-state index contributed by atoms with van der Waals surface area (Å²) >= 11 is 0. The van der Waals surface area contributed by atoms with Gasteiger partial charge >= 0.3 is 5.97 Å². The van der Waals surface area contributed by atoms with Crippen molar-refractivity contribution in [2.24, 2.45) is 0 Å². The fraction of sp³-hybridized carbons (Fsp3) is 0.176. The number of sulfonamides is 1. The maximum absolute atomic E-state index is 12.2. The first-order valence-corrected chi connectivity index (χ1v) is 9.01. The van der Waals surface area contributed by atoms with Gasteiger partial charge in [-0.05, 0) is 30.3 Å². The summed E-state index contributed by atoms with van der Waals surface area (Å²) < 4.78 is 40.8. The SMILES string of the molecule is CN(C)S(=O)(=O)c1cccc(C(=O)OCc2cc(-c3ccco3)on2)c1. The number of benzene rings is 1. The summed E-state index contributed by atoms with van der Waals surface area (Å²) in [6, 6.07) is 10.7. The minimum absolute atomic E-state index is 0.0125. The summed E-state index contributed by atoms with van der Waals surface area (Å²) in [4.78, 5) is 12.2. The minimum atomic E-state index is -3.63. The third kappa shape index (κ3) is 3.68. The minimum Gasteiger partial charge on any atom is -0.461 e. The molecule has 2 aromatic heterocycles. The van der Waals surface area contributed by atoms with Crippen LogP contribution in [0.15, 0.2) is 62.6 Å². The summed E-state index contributed by atoms with van der Waals surface area (Å²) in [5.41, 5.74) is 0.532. The van der Waals surface area contributed by atoms with Crippen molar-refractivity contribution in [3.05, 3.63) is 60.0 Å². The zero-order chi connectivity index (χ0) is 18.7. The lowest BCUT2D eigenvalue weighted by Crippen LogP contribution is -2.22. The fourth-order valence-corrected chi connectivity index (χ4v) is 3.08. The van der Waals surface area contributed by atoms with E-state index in [-0.39, 0.29) is 17.1 Å². The first kappa shape index (κ1) is 17.9. The summed E-state index contributed by atoms with van der Waals surface area (Å²) in [5, 5.41) is 3.80. The largest absolute Gasteiger partial charge is 0.461 e. The molecule has 0 aliphatic rings. The molecule has 0 unspecified atom stereocenters. The van der Waals surface area contributed by atoms with Gasteiger partial charge in [-0.25, -0.2) is 17.5 Å². The number of carbonyl (C=O) groups is 1. The van der Waals surface area contributed by atoms with Crippen LogP contribution in [0.4, 0.5) is 0 Å². The molecule has 0 saturated heterocycles. The van der Waals surface area contributed by atoms with Gasteiger partial charge in [-0.1, -0.05) is 11.2 Å². The van der Waals surface area contributed by atoms with E-state index in [4.69, 9.17) is 13.7 Å². The molecule has 3 aromatic rings. The van der Waals surface area contributed by atoms with Crippen molar-refractivity contribution in [1.29, 1.82) is 0 Å². The third-order valence-corrected chi connectivity index (χ3v) is 5.33. The maximum atomic E-state index is 12.2. The van der Waals surface area contributed by atoms with Gasteiger partial charge in [-0.15, -0.1) is 0 Å². The van der Waals surface area contributed by atoms with Crippen molar-refractivity contribution in [3.8, 4) is 11.5 Å². The van der Waals surface area contributed by atoms with Crippen molar-refractivity contribution in [1.82, 2.24) is 9.46 Å². The molecule has 0 amide bonds. The van der Waals surface area contributed by atoms with Crippen LogP contribution < -0.4 is 0 Å². The second-order valence-electron chi connectivity index (χ2n) is 5.55. The molecule has 26 heavy (non-hydrogen) atoms. The maximum Gasteiger partial charge on any atom is 0.338 e. The molecule has 8 nitrogen and oxygen atoms in total. The van der Waals surface area contributed by atoms with Crippen LogP contribution in [0.2, 0.25) is 0 Å². The number of esters is 1. The molecule has 136 valence electrons. The summed E-state index contributed by atoms with van der Waals surface area (Å²) in [6.45, 7) is -0.117. The predicted molar refractivity (Wildman–Crippen MR) is 90.6 cm³/mol. The van der Waals surface area contributed by atoms with Crippen LogP contribution in [-0.4, -0.2) is 37.9 Å². The molecule has 2 heterocycles. The Morgan fingerprint density at radius 2 is 1.96 bits per heavy atom. The van der Waals surface area contributed by atoms with E-state index in [1.54, 1.807) is 18.2 Å². The van der Waals surface area contributed by atoms with Crippen LogP contribution in [0.1, 0.15) is 16.1 Å². The van der Waals surface area contributed by atoms with Gasteiger partial charge in [0.2, 0.25) is 15.8 Å².